The lowest BCUT2D eigenvalue weighted by Gasteiger charge is -2.35. The minimum Gasteiger partial charge on any atom is -0.480 e. The molecule has 16 heavy (non-hydrogen) atoms. The first-order chi connectivity index (χ1) is 7.09. The van der Waals surface area contributed by atoms with Crippen LogP contribution in [0.5, 0.6) is 0 Å². The van der Waals surface area contributed by atoms with Crippen molar-refractivity contribution in [2.75, 3.05) is 0 Å². The SMILES string of the molecule is CCCC(C)(C)CC(C)(C)CC(N)C(=O)O. The van der Waals surface area contributed by atoms with Gasteiger partial charge in [0.25, 0.3) is 0 Å². The van der Waals surface area contributed by atoms with E-state index < -0.39 is 12.0 Å². The molecule has 0 aromatic rings. The smallest absolute Gasteiger partial charge is 0.320 e. The lowest BCUT2D eigenvalue weighted by Crippen LogP contribution is -2.36. The summed E-state index contributed by atoms with van der Waals surface area (Å²) in [4.78, 5) is 10.7. The van der Waals surface area contributed by atoms with Gasteiger partial charge in [-0.3, -0.25) is 4.79 Å². The van der Waals surface area contributed by atoms with Gasteiger partial charge in [0.05, 0.1) is 0 Å². The van der Waals surface area contributed by atoms with Crippen LogP contribution in [0.15, 0.2) is 0 Å². The van der Waals surface area contributed by atoms with Crippen molar-refractivity contribution in [3.8, 4) is 0 Å². The third-order valence-electron chi connectivity index (χ3n) is 2.97. The van der Waals surface area contributed by atoms with Crippen molar-refractivity contribution in [3.63, 3.8) is 0 Å². The first-order valence-corrected chi connectivity index (χ1v) is 6.08. The van der Waals surface area contributed by atoms with Crippen molar-refractivity contribution >= 4 is 5.97 Å². The van der Waals surface area contributed by atoms with E-state index in [1.165, 1.54) is 6.42 Å². The van der Waals surface area contributed by atoms with Gasteiger partial charge in [0.1, 0.15) is 6.04 Å². The van der Waals surface area contributed by atoms with Crippen LogP contribution in [0.2, 0.25) is 0 Å². The van der Waals surface area contributed by atoms with Gasteiger partial charge in [0.15, 0.2) is 0 Å². The zero-order chi connectivity index (χ0) is 13.0. The highest BCUT2D eigenvalue weighted by atomic mass is 16.4. The summed E-state index contributed by atoms with van der Waals surface area (Å²) in [6.45, 7) is 10.9. The van der Waals surface area contributed by atoms with Gasteiger partial charge in [-0.15, -0.1) is 0 Å². The number of carbonyl (C=O) groups is 1. The third kappa shape index (κ3) is 6.11. The molecule has 0 bridgehead atoms. The molecule has 3 heteroatoms. The maximum Gasteiger partial charge on any atom is 0.320 e. The summed E-state index contributed by atoms with van der Waals surface area (Å²) in [7, 11) is 0. The van der Waals surface area contributed by atoms with Crippen LogP contribution in [0, 0.1) is 10.8 Å². The Morgan fingerprint density at radius 1 is 1.25 bits per heavy atom. The van der Waals surface area contributed by atoms with Gasteiger partial charge in [-0.05, 0) is 30.1 Å². The molecule has 0 aliphatic carbocycles. The summed E-state index contributed by atoms with van der Waals surface area (Å²) in [5.74, 6) is -0.902. The molecular formula is C13H27NO2. The Kier molecular flexibility index (Phi) is 5.47. The topological polar surface area (TPSA) is 63.3 Å². The number of rotatable bonds is 7. The fraction of sp³-hybridized carbons (Fsp3) is 0.923. The lowest BCUT2D eigenvalue weighted by molar-refractivity contribution is -0.139. The predicted octanol–water partition coefficient (Wildman–Crippen LogP) is 3.03. The molecule has 0 saturated carbocycles. The highest BCUT2D eigenvalue weighted by Gasteiger charge is 2.31. The molecular weight excluding hydrogens is 202 g/mol. The molecule has 0 aliphatic heterocycles. The molecule has 0 aromatic heterocycles. The zero-order valence-electron chi connectivity index (χ0n) is 11.3. The van der Waals surface area contributed by atoms with E-state index in [2.05, 4.69) is 34.6 Å². The first-order valence-electron chi connectivity index (χ1n) is 6.08. The highest BCUT2D eigenvalue weighted by Crippen LogP contribution is 2.39. The monoisotopic (exact) mass is 229 g/mol. The van der Waals surface area contributed by atoms with E-state index in [0.717, 1.165) is 12.8 Å². The van der Waals surface area contributed by atoms with Gasteiger partial charge in [-0.2, -0.15) is 0 Å². The minimum atomic E-state index is -0.902. The van der Waals surface area contributed by atoms with E-state index in [0.29, 0.717) is 6.42 Å². The summed E-state index contributed by atoms with van der Waals surface area (Å²) < 4.78 is 0. The molecule has 0 aromatic carbocycles. The fourth-order valence-electron chi connectivity index (χ4n) is 2.82. The van der Waals surface area contributed by atoms with Crippen molar-refractivity contribution in [2.45, 2.75) is 66.3 Å². The number of carboxylic acid groups (broad SMARTS) is 1. The molecule has 3 N–H and O–H groups in total. The van der Waals surface area contributed by atoms with Gasteiger partial charge in [0, 0.05) is 0 Å². The Bertz CT molecular complexity index is 234. The maximum atomic E-state index is 10.7. The van der Waals surface area contributed by atoms with Gasteiger partial charge < -0.3 is 10.8 Å². The van der Waals surface area contributed by atoms with E-state index in [4.69, 9.17) is 10.8 Å². The molecule has 96 valence electrons. The molecule has 1 atom stereocenters. The third-order valence-corrected chi connectivity index (χ3v) is 2.97. The molecule has 0 fully saturated rings. The molecule has 0 amide bonds. The first kappa shape index (κ1) is 15.4. The summed E-state index contributed by atoms with van der Waals surface area (Å²) in [5.41, 5.74) is 5.84. The second-order valence-corrected chi connectivity index (χ2v) is 6.40. The Morgan fingerprint density at radius 3 is 2.12 bits per heavy atom. The average Bonchev–Trinajstić information content (AvgIpc) is 1.99. The second-order valence-electron chi connectivity index (χ2n) is 6.40. The van der Waals surface area contributed by atoms with Crippen LogP contribution < -0.4 is 5.73 Å². The molecule has 0 aliphatic rings. The number of aliphatic carboxylic acids is 1. The minimum absolute atomic E-state index is 0.0174. The zero-order valence-corrected chi connectivity index (χ0v) is 11.3. The number of hydrogen-bond donors (Lipinski definition) is 2. The van der Waals surface area contributed by atoms with E-state index in [9.17, 15) is 4.79 Å². The number of carboxylic acids is 1. The fourth-order valence-corrected chi connectivity index (χ4v) is 2.82. The van der Waals surface area contributed by atoms with Crippen molar-refractivity contribution in [3.05, 3.63) is 0 Å². The summed E-state index contributed by atoms with van der Waals surface area (Å²) in [6.07, 6.45) is 3.87. The number of nitrogens with two attached hydrogens (primary N) is 1. The van der Waals surface area contributed by atoms with Crippen molar-refractivity contribution in [1.82, 2.24) is 0 Å². The van der Waals surface area contributed by atoms with Crippen LogP contribution in [-0.4, -0.2) is 17.1 Å². The molecule has 0 saturated heterocycles. The highest BCUT2D eigenvalue weighted by molar-refractivity contribution is 5.73. The van der Waals surface area contributed by atoms with Crippen LogP contribution in [0.4, 0.5) is 0 Å². The molecule has 1 unspecified atom stereocenters. The molecule has 0 radical (unpaired) electrons. The second kappa shape index (κ2) is 5.67. The maximum absolute atomic E-state index is 10.7. The number of hydrogen-bond acceptors (Lipinski definition) is 2. The van der Waals surface area contributed by atoms with E-state index in [-0.39, 0.29) is 10.8 Å². The summed E-state index contributed by atoms with van der Waals surface area (Å²) >= 11 is 0. The van der Waals surface area contributed by atoms with E-state index in [1.807, 2.05) is 0 Å². The van der Waals surface area contributed by atoms with E-state index >= 15 is 0 Å². The Hall–Kier alpha value is -0.570. The van der Waals surface area contributed by atoms with Crippen LogP contribution in [-0.2, 0) is 4.79 Å². The quantitative estimate of drug-likeness (QED) is 0.705. The Balaban J connectivity index is 4.39. The van der Waals surface area contributed by atoms with Crippen LogP contribution in [0.1, 0.15) is 60.3 Å². The van der Waals surface area contributed by atoms with Crippen LogP contribution in [0.25, 0.3) is 0 Å². The molecule has 3 nitrogen and oxygen atoms in total. The van der Waals surface area contributed by atoms with Gasteiger partial charge in [-0.25, -0.2) is 0 Å². The standard InChI is InChI=1S/C13H27NO2/c1-6-7-12(2,3)9-13(4,5)8-10(14)11(15)16/h10H,6-9,14H2,1-5H3,(H,15,16). The predicted molar refractivity (Wildman–Crippen MR) is 67.3 cm³/mol. The molecule has 0 heterocycles. The largest absolute Gasteiger partial charge is 0.480 e. The van der Waals surface area contributed by atoms with Crippen LogP contribution >= 0.6 is 0 Å². The van der Waals surface area contributed by atoms with Crippen molar-refractivity contribution in [1.29, 1.82) is 0 Å². The van der Waals surface area contributed by atoms with Gasteiger partial charge in [-0.1, -0.05) is 41.0 Å². The Labute approximate surface area is 99.4 Å². The molecule has 0 rings (SSSR count). The van der Waals surface area contributed by atoms with Gasteiger partial charge in [0.2, 0.25) is 0 Å². The van der Waals surface area contributed by atoms with Crippen molar-refractivity contribution in [2.24, 2.45) is 16.6 Å². The lowest BCUT2D eigenvalue weighted by atomic mass is 9.70. The normalized spacial score (nSPS) is 14.9. The summed E-state index contributed by atoms with van der Waals surface area (Å²) in [6, 6.07) is -0.743. The Morgan fingerprint density at radius 2 is 1.75 bits per heavy atom. The summed E-state index contributed by atoms with van der Waals surface area (Å²) in [5, 5.41) is 8.82. The molecule has 0 spiro atoms. The van der Waals surface area contributed by atoms with Crippen LogP contribution in [0.3, 0.4) is 0 Å². The van der Waals surface area contributed by atoms with Gasteiger partial charge >= 0.3 is 5.97 Å². The van der Waals surface area contributed by atoms with Crippen molar-refractivity contribution < 1.29 is 9.90 Å². The van der Waals surface area contributed by atoms with E-state index in [1.54, 1.807) is 0 Å². The average molecular weight is 229 g/mol.